The molecule has 132 valence electrons. The van der Waals surface area contributed by atoms with E-state index in [9.17, 15) is 9.59 Å². The average molecular weight is 345 g/mol. The van der Waals surface area contributed by atoms with E-state index in [1.165, 1.54) is 5.56 Å². The predicted octanol–water partition coefficient (Wildman–Crippen LogP) is 3.61. The van der Waals surface area contributed by atoms with Crippen molar-refractivity contribution in [3.63, 3.8) is 0 Å². The first-order valence-corrected chi connectivity index (χ1v) is 9.27. The molecular weight excluding hydrogens is 322 g/mol. The van der Waals surface area contributed by atoms with Crippen molar-refractivity contribution in [3.05, 3.63) is 83.4 Å². The van der Waals surface area contributed by atoms with Crippen LogP contribution in [-0.4, -0.2) is 24.7 Å². The molecule has 0 spiro atoms. The second-order valence-corrected chi connectivity index (χ2v) is 7.37. The molecule has 2 atom stereocenters. The number of piperidine rings is 1. The third-order valence-electron chi connectivity index (χ3n) is 5.80. The summed E-state index contributed by atoms with van der Waals surface area (Å²) in [5, 5.41) is 3.49. The fraction of sp³-hybridized carbons (Fsp3) is 0.304. The first-order chi connectivity index (χ1) is 12.7. The van der Waals surface area contributed by atoms with Crippen LogP contribution in [-0.2, 0) is 11.2 Å². The Kier molecular flexibility index (Phi) is 4.56. The molecule has 0 aromatic heterocycles. The monoisotopic (exact) mass is 345 g/mol. The van der Waals surface area contributed by atoms with E-state index in [0.29, 0.717) is 12.0 Å². The standard InChI is InChI=1S/C23H23NO2/c25-20-13-19-11-12-24-16-23(19,15-17-7-3-1-4-8-17)21(14-20)22(26)18-9-5-2-6-10-18/h1-10,13,21,24H,11-12,14-16H2. The quantitative estimate of drug-likeness (QED) is 0.861. The number of carbonyl (C=O) groups is 2. The van der Waals surface area contributed by atoms with Crippen LogP contribution in [0.25, 0.3) is 0 Å². The third kappa shape index (κ3) is 3.04. The van der Waals surface area contributed by atoms with Crippen LogP contribution < -0.4 is 5.32 Å². The van der Waals surface area contributed by atoms with Crippen molar-refractivity contribution in [1.29, 1.82) is 0 Å². The van der Waals surface area contributed by atoms with E-state index < -0.39 is 0 Å². The number of benzene rings is 2. The van der Waals surface area contributed by atoms with E-state index >= 15 is 0 Å². The van der Waals surface area contributed by atoms with Gasteiger partial charge in [0.15, 0.2) is 11.6 Å². The largest absolute Gasteiger partial charge is 0.316 e. The Bertz CT molecular complexity index is 841. The molecule has 1 N–H and O–H groups in total. The van der Waals surface area contributed by atoms with Gasteiger partial charge in [-0.1, -0.05) is 66.2 Å². The fourth-order valence-corrected chi connectivity index (χ4v) is 4.52. The lowest BCUT2D eigenvalue weighted by molar-refractivity contribution is -0.117. The molecule has 3 heteroatoms. The highest BCUT2D eigenvalue weighted by Gasteiger charge is 2.49. The Morgan fingerprint density at radius 2 is 1.73 bits per heavy atom. The number of fused-ring (bicyclic) bond motifs is 1. The molecule has 2 aromatic rings. The van der Waals surface area contributed by atoms with Gasteiger partial charge < -0.3 is 5.32 Å². The summed E-state index contributed by atoms with van der Waals surface area (Å²) in [6, 6.07) is 19.7. The lowest BCUT2D eigenvalue weighted by atomic mass is 9.58. The number of ketones is 2. The van der Waals surface area contributed by atoms with Crippen LogP contribution in [0.4, 0.5) is 0 Å². The number of hydrogen-bond acceptors (Lipinski definition) is 3. The van der Waals surface area contributed by atoms with Crippen molar-refractivity contribution in [2.45, 2.75) is 19.3 Å². The van der Waals surface area contributed by atoms with Gasteiger partial charge in [0.05, 0.1) is 0 Å². The average Bonchev–Trinajstić information content (AvgIpc) is 2.68. The van der Waals surface area contributed by atoms with Crippen LogP contribution in [0.3, 0.4) is 0 Å². The van der Waals surface area contributed by atoms with Crippen LogP contribution in [0, 0.1) is 11.3 Å². The maximum absolute atomic E-state index is 13.4. The highest BCUT2D eigenvalue weighted by molar-refractivity contribution is 6.04. The molecule has 0 amide bonds. The minimum Gasteiger partial charge on any atom is -0.316 e. The van der Waals surface area contributed by atoms with Crippen LogP contribution in [0.5, 0.6) is 0 Å². The topological polar surface area (TPSA) is 46.2 Å². The van der Waals surface area contributed by atoms with Crippen molar-refractivity contribution in [2.24, 2.45) is 11.3 Å². The molecule has 3 nitrogen and oxygen atoms in total. The molecule has 26 heavy (non-hydrogen) atoms. The Labute approximate surface area is 154 Å². The first kappa shape index (κ1) is 16.9. The minimum atomic E-state index is -0.319. The molecule has 0 saturated carbocycles. The van der Waals surface area contributed by atoms with E-state index in [2.05, 4.69) is 17.4 Å². The van der Waals surface area contributed by atoms with Crippen molar-refractivity contribution in [1.82, 2.24) is 5.32 Å². The van der Waals surface area contributed by atoms with Gasteiger partial charge in [-0.15, -0.1) is 0 Å². The summed E-state index contributed by atoms with van der Waals surface area (Å²) in [5.74, 6) is -0.144. The molecule has 2 aliphatic rings. The van der Waals surface area contributed by atoms with Crippen molar-refractivity contribution in [3.8, 4) is 0 Å². The smallest absolute Gasteiger partial charge is 0.167 e. The number of rotatable bonds is 4. The predicted molar refractivity (Wildman–Crippen MR) is 102 cm³/mol. The number of nitrogens with one attached hydrogen (secondary N) is 1. The van der Waals surface area contributed by atoms with E-state index in [1.807, 2.05) is 54.6 Å². The number of hydrogen-bond donors (Lipinski definition) is 1. The summed E-state index contributed by atoms with van der Waals surface area (Å²) in [6.45, 7) is 1.60. The Hall–Kier alpha value is -2.52. The SMILES string of the molecule is O=C1C=C2CCNCC2(Cc2ccccc2)C(C(=O)c2ccccc2)C1. The summed E-state index contributed by atoms with van der Waals surface area (Å²) >= 11 is 0. The van der Waals surface area contributed by atoms with Gasteiger partial charge in [-0.25, -0.2) is 0 Å². The van der Waals surface area contributed by atoms with Gasteiger partial charge in [0.1, 0.15) is 0 Å². The van der Waals surface area contributed by atoms with Gasteiger partial charge in [-0.2, -0.15) is 0 Å². The zero-order chi connectivity index (χ0) is 18.0. The number of carbonyl (C=O) groups excluding carboxylic acids is 2. The fourth-order valence-electron chi connectivity index (χ4n) is 4.52. The van der Waals surface area contributed by atoms with E-state index in [4.69, 9.17) is 0 Å². The summed E-state index contributed by atoms with van der Waals surface area (Å²) < 4.78 is 0. The summed E-state index contributed by atoms with van der Waals surface area (Å²) in [7, 11) is 0. The Morgan fingerprint density at radius 1 is 1.04 bits per heavy atom. The maximum atomic E-state index is 13.4. The molecule has 1 saturated heterocycles. The van der Waals surface area contributed by atoms with Gasteiger partial charge in [0.2, 0.25) is 0 Å². The van der Waals surface area contributed by atoms with Crippen molar-refractivity contribution >= 4 is 11.6 Å². The van der Waals surface area contributed by atoms with Gasteiger partial charge in [-0.3, -0.25) is 9.59 Å². The summed E-state index contributed by atoms with van der Waals surface area (Å²) in [4.78, 5) is 25.8. The number of allylic oxidation sites excluding steroid dienone is 1. The van der Waals surface area contributed by atoms with Crippen LogP contribution in [0.1, 0.15) is 28.8 Å². The van der Waals surface area contributed by atoms with E-state index in [1.54, 1.807) is 0 Å². The number of Topliss-reactive ketones (excluding diaryl/α,β-unsaturated/α-hetero) is 1. The summed E-state index contributed by atoms with van der Waals surface area (Å²) in [5.41, 5.74) is 2.73. The lowest BCUT2D eigenvalue weighted by Gasteiger charge is -2.47. The summed E-state index contributed by atoms with van der Waals surface area (Å²) in [6.07, 6.45) is 3.73. The van der Waals surface area contributed by atoms with Crippen molar-refractivity contribution < 1.29 is 9.59 Å². The highest BCUT2D eigenvalue weighted by atomic mass is 16.1. The lowest BCUT2D eigenvalue weighted by Crippen LogP contribution is -2.53. The highest BCUT2D eigenvalue weighted by Crippen LogP contribution is 2.47. The molecule has 1 heterocycles. The van der Waals surface area contributed by atoms with Gasteiger partial charge in [-0.05, 0) is 31.0 Å². The molecular formula is C23H23NO2. The normalized spacial score (nSPS) is 25.3. The molecule has 1 aliphatic carbocycles. The molecule has 2 aromatic carbocycles. The molecule has 4 rings (SSSR count). The third-order valence-corrected chi connectivity index (χ3v) is 5.80. The second kappa shape index (κ2) is 7.00. The van der Waals surface area contributed by atoms with Crippen LogP contribution >= 0.6 is 0 Å². The zero-order valence-electron chi connectivity index (χ0n) is 14.8. The molecule has 0 bridgehead atoms. The maximum Gasteiger partial charge on any atom is 0.167 e. The van der Waals surface area contributed by atoms with Gasteiger partial charge >= 0.3 is 0 Å². The minimum absolute atomic E-state index is 0.0832. The Morgan fingerprint density at radius 3 is 2.46 bits per heavy atom. The molecule has 0 radical (unpaired) electrons. The van der Waals surface area contributed by atoms with Gasteiger partial charge in [0, 0.05) is 29.9 Å². The zero-order valence-corrected chi connectivity index (χ0v) is 14.8. The molecule has 1 aliphatic heterocycles. The van der Waals surface area contributed by atoms with Crippen LogP contribution in [0.2, 0.25) is 0 Å². The first-order valence-electron chi connectivity index (χ1n) is 9.27. The van der Waals surface area contributed by atoms with E-state index in [0.717, 1.165) is 31.5 Å². The van der Waals surface area contributed by atoms with Gasteiger partial charge in [0.25, 0.3) is 0 Å². The molecule has 1 fully saturated rings. The van der Waals surface area contributed by atoms with Crippen LogP contribution in [0.15, 0.2) is 72.3 Å². The Balaban J connectivity index is 1.78. The van der Waals surface area contributed by atoms with Crippen molar-refractivity contribution in [2.75, 3.05) is 13.1 Å². The second-order valence-electron chi connectivity index (χ2n) is 7.37. The molecule has 2 unspecified atom stereocenters. The van der Waals surface area contributed by atoms with E-state index in [-0.39, 0.29) is 22.9 Å².